The average Bonchev–Trinajstić information content (AvgIpc) is 2.54. The van der Waals surface area contributed by atoms with Crippen LogP contribution >= 0.6 is 0 Å². The number of rotatable bonds is 5. The van der Waals surface area contributed by atoms with Gasteiger partial charge in [-0.05, 0) is 24.1 Å². The van der Waals surface area contributed by atoms with Gasteiger partial charge in [0, 0.05) is 0 Å². The normalized spacial score (nSPS) is 12.5. The summed E-state index contributed by atoms with van der Waals surface area (Å²) in [6.07, 6.45) is -3.95. The van der Waals surface area contributed by atoms with Crippen LogP contribution in [0.3, 0.4) is 0 Å². The van der Waals surface area contributed by atoms with E-state index in [2.05, 4.69) is 10.9 Å². The van der Waals surface area contributed by atoms with Crippen LogP contribution in [0.5, 0.6) is 0 Å². The summed E-state index contributed by atoms with van der Waals surface area (Å²) < 4.78 is 38.7. The molecule has 122 valence electrons. The van der Waals surface area contributed by atoms with Gasteiger partial charge in [0.05, 0.1) is 17.2 Å². The fourth-order valence-corrected chi connectivity index (χ4v) is 2.31. The quantitative estimate of drug-likeness (QED) is 0.804. The zero-order chi connectivity index (χ0) is 16.9. The van der Waals surface area contributed by atoms with E-state index in [1.165, 1.54) is 18.2 Å². The second-order valence-electron chi connectivity index (χ2n) is 5.03. The molecule has 0 fully saturated rings. The van der Waals surface area contributed by atoms with Crippen LogP contribution in [0.25, 0.3) is 0 Å². The Bertz CT molecular complexity index is 656. The lowest BCUT2D eigenvalue weighted by Gasteiger charge is -2.18. The number of anilines is 1. The van der Waals surface area contributed by atoms with Gasteiger partial charge < -0.3 is 0 Å². The Labute approximate surface area is 132 Å². The van der Waals surface area contributed by atoms with Crippen molar-refractivity contribution < 1.29 is 18.0 Å². The second kappa shape index (κ2) is 7.17. The highest BCUT2D eigenvalue weighted by Gasteiger charge is 2.33. The maximum absolute atomic E-state index is 12.9. The molecule has 2 rings (SSSR count). The molecule has 2 aromatic rings. The Morgan fingerprint density at radius 2 is 1.65 bits per heavy atom. The van der Waals surface area contributed by atoms with E-state index in [9.17, 15) is 18.0 Å². The monoisotopic (exact) mass is 322 g/mol. The molecule has 0 radical (unpaired) electrons. The van der Waals surface area contributed by atoms with Crippen LogP contribution < -0.4 is 10.9 Å². The predicted octanol–water partition coefficient (Wildman–Crippen LogP) is 4.34. The van der Waals surface area contributed by atoms with Gasteiger partial charge in [-0.15, -0.1) is 0 Å². The number of benzene rings is 2. The molecule has 0 spiro atoms. The van der Waals surface area contributed by atoms with Crippen molar-refractivity contribution in [1.82, 2.24) is 5.43 Å². The molecule has 0 saturated carbocycles. The highest BCUT2D eigenvalue weighted by Crippen LogP contribution is 2.34. The molecule has 0 aliphatic rings. The number of hydrogen-bond donors (Lipinski definition) is 2. The van der Waals surface area contributed by atoms with Crippen LogP contribution in [0.4, 0.5) is 18.9 Å². The fourth-order valence-electron chi connectivity index (χ4n) is 2.31. The summed E-state index contributed by atoms with van der Waals surface area (Å²) in [6.45, 7) is 1.85. The first-order valence-corrected chi connectivity index (χ1v) is 7.20. The first kappa shape index (κ1) is 16.9. The van der Waals surface area contributed by atoms with Gasteiger partial charge in [-0.1, -0.05) is 49.4 Å². The molecule has 0 aliphatic heterocycles. The summed E-state index contributed by atoms with van der Waals surface area (Å²) in [4.78, 5) is 12.3. The van der Waals surface area contributed by atoms with E-state index in [1.54, 1.807) is 0 Å². The summed E-state index contributed by atoms with van der Waals surface area (Å²) in [7, 11) is 0. The van der Waals surface area contributed by atoms with Gasteiger partial charge in [-0.3, -0.25) is 15.6 Å². The molecule has 0 saturated heterocycles. The number of hydrazine groups is 1. The standard InChI is InChI=1S/C17H17F3N2O/c1-2-13(12-8-4-3-5-9-12)16(23)22-21-15-11-7-6-10-14(15)17(18,19)20/h3-11,13,21H,2H2,1H3,(H,22,23). The summed E-state index contributed by atoms with van der Waals surface area (Å²) >= 11 is 0. The Kier molecular flexibility index (Phi) is 5.26. The average molecular weight is 322 g/mol. The number of hydrogen-bond acceptors (Lipinski definition) is 2. The highest BCUT2D eigenvalue weighted by atomic mass is 19.4. The second-order valence-corrected chi connectivity index (χ2v) is 5.03. The first-order valence-electron chi connectivity index (χ1n) is 7.20. The van der Waals surface area contributed by atoms with Crippen LogP contribution in [-0.4, -0.2) is 5.91 Å². The van der Waals surface area contributed by atoms with Crippen molar-refractivity contribution in [2.24, 2.45) is 0 Å². The summed E-state index contributed by atoms with van der Waals surface area (Å²) in [5.41, 5.74) is 4.56. The predicted molar refractivity (Wildman–Crippen MR) is 82.7 cm³/mol. The minimum atomic E-state index is -4.49. The van der Waals surface area contributed by atoms with Crippen LogP contribution in [-0.2, 0) is 11.0 Å². The minimum absolute atomic E-state index is 0.184. The van der Waals surface area contributed by atoms with Crippen LogP contribution in [0.2, 0.25) is 0 Å². The van der Waals surface area contributed by atoms with E-state index in [0.717, 1.165) is 11.6 Å². The Morgan fingerprint density at radius 3 is 2.26 bits per heavy atom. The van der Waals surface area contributed by atoms with Gasteiger partial charge in [-0.25, -0.2) is 0 Å². The van der Waals surface area contributed by atoms with Crippen molar-refractivity contribution in [3.63, 3.8) is 0 Å². The Balaban J connectivity index is 2.10. The summed E-state index contributed by atoms with van der Waals surface area (Å²) in [5, 5.41) is 0. The topological polar surface area (TPSA) is 41.1 Å². The zero-order valence-corrected chi connectivity index (χ0v) is 12.5. The van der Waals surface area contributed by atoms with Crippen molar-refractivity contribution in [2.45, 2.75) is 25.4 Å². The maximum atomic E-state index is 12.9. The Morgan fingerprint density at radius 1 is 1.04 bits per heavy atom. The first-order chi connectivity index (χ1) is 10.9. The molecule has 2 N–H and O–H groups in total. The molecular weight excluding hydrogens is 305 g/mol. The number of para-hydroxylation sites is 1. The molecule has 1 unspecified atom stereocenters. The number of carbonyl (C=O) groups is 1. The largest absolute Gasteiger partial charge is 0.418 e. The van der Waals surface area contributed by atoms with Crippen LogP contribution in [0, 0.1) is 0 Å². The number of nitrogens with one attached hydrogen (secondary N) is 2. The number of alkyl halides is 3. The third-order valence-electron chi connectivity index (χ3n) is 3.48. The molecule has 0 heterocycles. The molecule has 1 atom stereocenters. The van der Waals surface area contributed by atoms with Gasteiger partial charge in [0.1, 0.15) is 0 Å². The van der Waals surface area contributed by atoms with Gasteiger partial charge >= 0.3 is 6.18 Å². The van der Waals surface area contributed by atoms with Crippen molar-refractivity contribution in [2.75, 3.05) is 5.43 Å². The van der Waals surface area contributed by atoms with E-state index in [4.69, 9.17) is 0 Å². The zero-order valence-electron chi connectivity index (χ0n) is 12.5. The van der Waals surface area contributed by atoms with Crippen molar-refractivity contribution >= 4 is 11.6 Å². The number of amides is 1. The molecule has 0 aromatic heterocycles. The molecule has 2 aromatic carbocycles. The number of carbonyl (C=O) groups excluding carboxylic acids is 1. The van der Waals surface area contributed by atoms with Crippen molar-refractivity contribution in [3.05, 3.63) is 65.7 Å². The van der Waals surface area contributed by atoms with E-state index >= 15 is 0 Å². The van der Waals surface area contributed by atoms with Gasteiger partial charge in [0.15, 0.2) is 0 Å². The lowest BCUT2D eigenvalue weighted by Crippen LogP contribution is -2.34. The maximum Gasteiger partial charge on any atom is 0.418 e. The smallest absolute Gasteiger partial charge is 0.298 e. The molecule has 3 nitrogen and oxygen atoms in total. The van der Waals surface area contributed by atoms with Gasteiger partial charge in [0.25, 0.3) is 0 Å². The van der Waals surface area contributed by atoms with Gasteiger partial charge in [0.2, 0.25) is 5.91 Å². The fraction of sp³-hybridized carbons (Fsp3) is 0.235. The summed E-state index contributed by atoms with van der Waals surface area (Å²) in [6, 6.07) is 14.1. The molecule has 1 amide bonds. The highest BCUT2D eigenvalue weighted by molar-refractivity contribution is 5.84. The third-order valence-corrected chi connectivity index (χ3v) is 3.48. The van der Waals surface area contributed by atoms with Crippen molar-refractivity contribution in [1.29, 1.82) is 0 Å². The minimum Gasteiger partial charge on any atom is -0.298 e. The molecule has 23 heavy (non-hydrogen) atoms. The number of halogens is 3. The third kappa shape index (κ3) is 4.25. The molecule has 0 bridgehead atoms. The van der Waals surface area contributed by atoms with E-state index in [-0.39, 0.29) is 11.6 Å². The van der Waals surface area contributed by atoms with E-state index in [0.29, 0.717) is 6.42 Å². The SMILES string of the molecule is CCC(C(=O)NNc1ccccc1C(F)(F)F)c1ccccc1. The van der Waals surface area contributed by atoms with E-state index in [1.807, 2.05) is 37.3 Å². The van der Waals surface area contributed by atoms with Gasteiger partial charge in [-0.2, -0.15) is 13.2 Å². The Hall–Kier alpha value is -2.50. The van der Waals surface area contributed by atoms with Crippen LogP contribution in [0.1, 0.15) is 30.4 Å². The van der Waals surface area contributed by atoms with Crippen LogP contribution in [0.15, 0.2) is 54.6 Å². The van der Waals surface area contributed by atoms with Crippen molar-refractivity contribution in [3.8, 4) is 0 Å². The van der Waals surface area contributed by atoms with E-state index < -0.39 is 17.7 Å². The lowest BCUT2D eigenvalue weighted by molar-refractivity contribution is -0.137. The molecule has 6 heteroatoms. The molecular formula is C17H17F3N2O. The lowest BCUT2D eigenvalue weighted by atomic mass is 9.96. The molecule has 0 aliphatic carbocycles. The summed E-state index contributed by atoms with van der Waals surface area (Å²) in [5.74, 6) is -0.808.